The van der Waals surface area contributed by atoms with Gasteiger partial charge in [-0.05, 0) is 67.8 Å². The number of nitrogens with two attached hydrogens (primary N) is 1. The fourth-order valence-corrected chi connectivity index (χ4v) is 2.78. The minimum Gasteiger partial charge on any atom is -0.399 e. The monoisotopic (exact) mass is 304 g/mol. The van der Waals surface area contributed by atoms with Crippen molar-refractivity contribution in [2.45, 2.75) is 33.2 Å². The number of fused-ring (bicyclic) bond motifs is 1. The van der Waals surface area contributed by atoms with Crippen molar-refractivity contribution < 1.29 is 0 Å². The van der Waals surface area contributed by atoms with E-state index < -0.39 is 0 Å². The van der Waals surface area contributed by atoms with Crippen LogP contribution in [0.15, 0.2) is 36.4 Å². The lowest BCUT2D eigenvalue weighted by Crippen LogP contribution is -2.01. The Balaban J connectivity index is 2.16. The second-order valence-corrected chi connectivity index (χ2v) is 5.90. The minimum absolute atomic E-state index is 0.547. The van der Waals surface area contributed by atoms with Gasteiger partial charge in [0.2, 0.25) is 0 Å². The molecule has 0 radical (unpaired) electrons. The first kappa shape index (κ1) is 15.1. The molecule has 2 aromatic carbocycles. The quantitative estimate of drug-likeness (QED) is 0.580. The lowest BCUT2D eigenvalue weighted by Gasteiger charge is -2.09. The van der Waals surface area contributed by atoms with Gasteiger partial charge in [-0.25, -0.2) is 4.98 Å². The summed E-state index contributed by atoms with van der Waals surface area (Å²) in [5.41, 5.74) is 12.2. The number of rotatable bonds is 4. The molecule has 0 saturated carbocycles. The van der Waals surface area contributed by atoms with Crippen LogP contribution in [0.4, 0.5) is 5.69 Å². The van der Waals surface area contributed by atoms with Crippen molar-refractivity contribution in [3.63, 3.8) is 0 Å². The first-order valence-corrected chi connectivity index (χ1v) is 7.80. The van der Waals surface area contributed by atoms with E-state index in [1.807, 2.05) is 24.3 Å². The Labute approximate surface area is 136 Å². The molecular formula is C19H20N4. The number of nitrogens with zero attached hydrogens (tertiary/aromatic N) is 3. The van der Waals surface area contributed by atoms with Gasteiger partial charge in [-0.15, -0.1) is 0 Å². The van der Waals surface area contributed by atoms with E-state index in [1.54, 1.807) is 0 Å². The zero-order valence-corrected chi connectivity index (χ0v) is 13.5. The van der Waals surface area contributed by atoms with Gasteiger partial charge in [-0.1, -0.05) is 0 Å². The number of benzene rings is 2. The van der Waals surface area contributed by atoms with E-state index >= 15 is 0 Å². The Morgan fingerprint density at radius 1 is 1.13 bits per heavy atom. The van der Waals surface area contributed by atoms with Crippen LogP contribution in [0, 0.1) is 25.2 Å². The van der Waals surface area contributed by atoms with Crippen molar-refractivity contribution in [3.05, 3.63) is 47.5 Å². The Bertz CT molecular complexity index is 882. The molecule has 4 heteroatoms. The molecule has 0 aliphatic carbocycles. The van der Waals surface area contributed by atoms with Crippen LogP contribution in [0.2, 0.25) is 0 Å². The van der Waals surface area contributed by atoms with Crippen LogP contribution in [-0.4, -0.2) is 9.55 Å². The summed E-state index contributed by atoms with van der Waals surface area (Å²) in [5, 5.41) is 8.82. The van der Waals surface area contributed by atoms with Gasteiger partial charge in [-0.2, -0.15) is 5.26 Å². The highest BCUT2D eigenvalue weighted by atomic mass is 15.1. The Morgan fingerprint density at radius 3 is 2.52 bits per heavy atom. The lowest BCUT2D eigenvalue weighted by molar-refractivity contribution is 0.675. The van der Waals surface area contributed by atoms with Crippen molar-refractivity contribution in [2.75, 3.05) is 5.73 Å². The topological polar surface area (TPSA) is 67.6 Å². The van der Waals surface area contributed by atoms with Crippen LogP contribution >= 0.6 is 0 Å². The summed E-state index contributed by atoms with van der Waals surface area (Å²) < 4.78 is 2.21. The molecule has 3 aromatic rings. The molecule has 23 heavy (non-hydrogen) atoms. The smallest absolute Gasteiger partial charge is 0.141 e. The first-order chi connectivity index (χ1) is 11.1. The summed E-state index contributed by atoms with van der Waals surface area (Å²) >= 11 is 0. The lowest BCUT2D eigenvalue weighted by atomic mass is 10.1. The summed E-state index contributed by atoms with van der Waals surface area (Å²) in [6.45, 7) is 5.00. The number of nitrogen functional groups attached to an aromatic ring is 1. The molecule has 0 spiro atoms. The van der Waals surface area contributed by atoms with Crippen molar-refractivity contribution in [1.29, 1.82) is 5.26 Å². The van der Waals surface area contributed by atoms with Crippen molar-refractivity contribution in [3.8, 4) is 17.5 Å². The molecule has 0 amide bonds. The van der Waals surface area contributed by atoms with Crippen LogP contribution in [-0.2, 0) is 6.54 Å². The Hall–Kier alpha value is -2.80. The van der Waals surface area contributed by atoms with Crippen LogP contribution in [0.25, 0.3) is 22.4 Å². The molecule has 4 nitrogen and oxygen atoms in total. The highest BCUT2D eigenvalue weighted by Crippen LogP contribution is 2.28. The zero-order valence-electron chi connectivity index (χ0n) is 13.5. The fraction of sp³-hybridized carbons (Fsp3) is 0.263. The molecule has 2 N–H and O–H groups in total. The van der Waals surface area contributed by atoms with E-state index in [2.05, 4.69) is 36.6 Å². The number of anilines is 1. The highest BCUT2D eigenvalue weighted by Gasteiger charge is 2.13. The van der Waals surface area contributed by atoms with Gasteiger partial charge in [-0.3, -0.25) is 0 Å². The Kier molecular flexibility index (Phi) is 4.03. The van der Waals surface area contributed by atoms with Gasteiger partial charge in [0, 0.05) is 24.2 Å². The summed E-state index contributed by atoms with van der Waals surface area (Å²) in [6, 6.07) is 14.3. The van der Waals surface area contributed by atoms with E-state index in [0.29, 0.717) is 6.42 Å². The maximum Gasteiger partial charge on any atom is 0.141 e. The van der Waals surface area contributed by atoms with Crippen LogP contribution in [0.3, 0.4) is 0 Å². The largest absolute Gasteiger partial charge is 0.399 e. The second-order valence-electron chi connectivity index (χ2n) is 5.90. The van der Waals surface area contributed by atoms with E-state index in [4.69, 9.17) is 16.0 Å². The zero-order chi connectivity index (χ0) is 16.4. The first-order valence-electron chi connectivity index (χ1n) is 7.80. The number of hydrogen-bond donors (Lipinski definition) is 1. The predicted molar refractivity (Wildman–Crippen MR) is 93.9 cm³/mol. The number of aromatic nitrogens is 2. The normalized spacial score (nSPS) is 10.8. The van der Waals surface area contributed by atoms with E-state index in [9.17, 15) is 0 Å². The van der Waals surface area contributed by atoms with E-state index in [0.717, 1.165) is 41.1 Å². The average Bonchev–Trinajstić information content (AvgIpc) is 2.87. The van der Waals surface area contributed by atoms with Gasteiger partial charge < -0.3 is 10.3 Å². The van der Waals surface area contributed by atoms with Gasteiger partial charge in [0.05, 0.1) is 17.1 Å². The number of hydrogen-bond acceptors (Lipinski definition) is 3. The number of aryl methyl sites for hydroxylation is 3. The molecular weight excluding hydrogens is 284 g/mol. The summed E-state index contributed by atoms with van der Waals surface area (Å²) in [7, 11) is 0. The maximum atomic E-state index is 8.82. The fourth-order valence-electron chi connectivity index (χ4n) is 2.78. The molecule has 0 aliphatic rings. The van der Waals surface area contributed by atoms with Gasteiger partial charge in [0.25, 0.3) is 0 Å². The third kappa shape index (κ3) is 2.91. The number of imidazole rings is 1. The van der Waals surface area contributed by atoms with Crippen molar-refractivity contribution >= 4 is 16.7 Å². The predicted octanol–water partition coefficient (Wildman–Crippen LogP) is 4.21. The van der Waals surface area contributed by atoms with E-state index in [1.165, 1.54) is 11.1 Å². The summed E-state index contributed by atoms with van der Waals surface area (Å²) in [4.78, 5) is 4.83. The molecule has 0 unspecified atom stereocenters. The maximum absolute atomic E-state index is 8.82. The average molecular weight is 304 g/mol. The van der Waals surface area contributed by atoms with Crippen molar-refractivity contribution in [2.24, 2.45) is 0 Å². The van der Waals surface area contributed by atoms with Gasteiger partial charge in [0.15, 0.2) is 0 Å². The van der Waals surface area contributed by atoms with Gasteiger partial charge >= 0.3 is 0 Å². The molecule has 116 valence electrons. The second kappa shape index (κ2) is 6.13. The summed E-state index contributed by atoms with van der Waals surface area (Å²) in [5.74, 6) is 0.933. The SMILES string of the molecule is Cc1cc2nc(-c3ccc(N)cc3)n(CCCC#N)c2cc1C. The van der Waals surface area contributed by atoms with Crippen LogP contribution in [0.1, 0.15) is 24.0 Å². The molecule has 0 bridgehead atoms. The molecule has 1 aromatic heterocycles. The van der Waals surface area contributed by atoms with Crippen LogP contribution in [0.5, 0.6) is 0 Å². The third-order valence-corrected chi connectivity index (χ3v) is 4.20. The van der Waals surface area contributed by atoms with E-state index in [-0.39, 0.29) is 0 Å². The molecule has 0 saturated heterocycles. The molecule has 3 rings (SSSR count). The van der Waals surface area contributed by atoms with Gasteiger partial charge in [0.1, 0.15) is 5.82 Å². The van der Waals surface area contributed by atoms with Crippen molar-refractivity contribution in [1.82, 2.24) is 9.55 Å². The number of nitriles is 1. The standard InChI is InChI=1S/C19H20N4/c1-13-11-17-18(12-14(13)2)23(10-4-3-9-20)19(22-17)15-5-7-16(21)8-6-15/h5-8,11-12H,3-4,10,21H2,1-2H3. The van der Waals surface area contributed by atoms with Crippen LogP contribution < -0.4 is 5.73 Å². The molecule has 1 heterocycles. The molecule has 0 aliphatic heterocycles. The number of unbranched alkanes of at least 4 members (excludes halogenated alkanes) is 1. The highest BCUT2D eigenvalue weighted by molar-refractivity contribution is 5.82. The molecule has 0 fully saturated rings. The Morgan fingerprint density at radius 2 is 1.83 bits per heavy atom. The minimum atomic E-state index is 0.547. The third-order valence-electron chi connectivity index (χ3n) is 4.20. The molecule has 0 atom stereocenters. The summed E-state index contributed by atoms with van der Waals surface area (Å²) in [6.07, 6.45) is 1.36.